The molecule has 3 unspecified atom stereocenters. The number of halogens is 1. The first-order valence-electron chi connectivity index (χ1n) is 10.2. The van der Waals surface area contributed by atoms with Gasteiger partial charge in [-0.1, -0.05) is 18.2 Å². The van der Waals surface area contributed by atoms with Crippen LogP contribution in [0.25, 0.3) is 0 Å². The number of carbonyl (C=O) groups excluding carboxylic acids is 2. The number of likely N-dealkylation sites (tertiary alicyclic amines) is 3. The molecule has 2 amide bonds. The Balaban J connectivity index is 1.40. The summed E-state index contributed by atoms with van der Waals surface area (Å²) in [4.78, 5) is 31.0. The van der Waals surface area contributed by atoms with E-state index in [1.165, 1.54) is 6.07 Å². The highest BCUT2D eigenvalue weighted by molar-refractivity contribution is 5.87. The van der Waals surface area contributed by atoms with Crippen LogP contribution in [0.2, 0.25) is 0 Å². The number of hydrogen-bond acceptors (Lipinski definition) is 5. The molecule has 154 valence electrons. The number of nitrogens with zero attached hydrogens (tertiary/aromatic N) is 4. The predicted molar refractivity (Wildman–Crippen MR) is 104 cm³/mol. The Labute approximate surface area is 169 Å². The Morgan fingerprint density at radius 2 is 2.17 bits per heavy atom. The maximum absolute atomic E-state index is 14.2. The first kappa shape index (κ1) is 19.8. The lowest BCUT2D eigenvalue weighted by Crippen LogP contribution is -2.56. The van der Waals surface area contributed by atoms with Gasteiger partial charge in [0.1, 0.15) is 11.9 Å². The van der Waals surface area contributed by atoms with Gasteiger partial charge in [-0.3, -0.25) is 14.5 Å². The molecule has 0 spiro atoms. The lowest BCUT2D eigenvalue weighted by atomic mass is 10.0. The number of amides is 2. The van der Waals surface area contributed by atoms with Crippen LogP contribution in [-0.4, -0.2) is 70.3 Å². The largest absolute Gasteiger partial charge is 0.330 e. The van der Waals surface area contributed by atoms with Crippen LogP contribution in [0.4, 0.5) is 4.39 Å². The zero-order chi connectivity index (χ0) is 20.7. The van der Waals surface area contributed by atoms with E-state index in [1.807, 2.05) is 11.8 Å². The topological polar surface area (TPSA) is 93.7 Å². The van der Waals surface area contributed by atoms with Gasteiger partial charge >= 0.3 is 0 Å². The zero-order valence-corrected chi connectivity index (χ0v) is 16.5. The third-order valence-electron chi connectivity index (χ3n) is 6.52. The van der Waals surface area contributed by atoms with Crippen molar-refractivity contribution in [3.05, 3.63) is 35.6 Å². The Morgan fingerprint density at radius 1 is 1.41 bits per heavy atom. The van der Waals surface area contributed by atoms with E-state index < -0.39 is 12.1 Å². The molecule has 29 heavy (non-hydrogen) atoms. The molecule has 3 heterocycles. The lowest BCUT2D eigenvalue weighted by molar-refractivity contribution is -0.141. The molecule has 1 aromatic rings. The molecule has 5 atom stereocenters. The van der Waals surface area contributed by atoms with E-state index in [4.69, 9.17) is 5.73 Å². The Bertz CT molecular complexity index is 856. The summed E-state index contributed by atoms with van der Waals surface area (Å²) in [6, 6.07) is 6.88. The molecule has 2 bridgehead atoms. The minimum atomic E-state index is -0.756. The smallest absolute Gasteiger partial charge is 0.241 e. The molecule has 1 aromatic carbocycles. The van der Waals surface area contributed by atoms with Gasteiger partial charge in [0.15, 0.2) is 0 Å². The van der Waals surface area contributed by atoms with E-state index in [-0.39, 0.29) is 35.8 Å². The zero-order valence-electron chi connectivity index (χ0n) is 16.5. The third-order valence-corrected chi connectivity index (χ3v) is 6.52. The molecular weight excluding hydrogens is 373 g/mol. The van der Waals surface area contributed by atoms with Crippen LogP contribution in [-0.2, 0) is 9.59 Å². The first-order chi connectivity index (χ1) is 13.9. The minimum Gasteiger partial charge on any atom is -0.330 e. The molecule has 3 aliphatic rings. The summed E-state index contributed by atoms with van der Waals surface area (Å²) in [5.74, 6) is -0.564. The molecule has 0 saturated carbocycles. The molecule has 8 heteroatoms. The van der Waals surface area contributed by atoms with Crippen molar-refractivity contribution in [2.24, 2.45) is 5.73 Å². The molecule has 3 fully saturated rings. The summed E-state index contributed by atoms with van der Waals surface area (Å²) >= 11 is 0. The van der Waals surface area contributed by atoms with E-state index in [1.54, 1.807) is 28.0 Å². The van der Waals surface area contributed by atoms with Crippen LogP contribution in [0.15, 0.2) is 24.3 Å². The summed E-state index contributed by atoms with van der Waals surface area (Å²) in [7, 11) is 0. The van der Waals surface area contributed by atoms with Crippen LogP contribution in [0, 0.1) is 17.1 Å². The van der Waals surface area contributed by atoms with Crippen LogP contribution in [0.1, 0.15) is 37.8 Å². The molecular formula is C21H26FN5O2. The predicted octanol–water partition coefficient (Wildman–Crippen LogP) is 1.01. The molecule has 2 N–H and O–H groups in total. The van der Waals surface area contributed by atoms with Gasteiger partial charge in [-0.25, -0.2) is 4.39 Å². The molecule has 7 nitrogen and oxygen atoms in total. The fourth-order valence-electron chi connectivity index (χ4n) is 5.07. The average molecular weight is 399 g/mol. The van der Waals surface area contributed by atoms with Crippen LogP contribution in [0.5, 0.6) is 0 Å². The van der Waals surface area contributed by atoms with Crippen LogP contribution in [0.3, 0.4) is 0 Å². The van der Waals surface area contributed by atoms with Gasteiger partial charge in [-0.15, -0.1) is 0 Å². The highest BCUT2D eigenvalue weighted by Crippen LogP contribution is 2.38. The Hall–Kier alpha value is -2.50. The average Bonchev–Trinajstić information content (AvgIpc) is 3.41. The summed E-state index contributed by atoms with van der Waals surface area (Å²) in [5, 5.41) is 9.19. The van der Waals surface area contributed by atoms with Crippen molar-refractivity contribution in [3.63, 3.8) is 0 Å². The maximum Gasteiger partial charge on any atom is 0.241 e. The number of benzene rings is 1. The Kier molecular flexibility index (Phi) is 5.28. The number of hydrogen-bond donors (Lipinski definition) is 1. The van der Waals surface area contributed by atoms with Gasteiger partial charge in [0.2, 0.25) is 11.8 Å². The number of rotatable bonds is 5. The second-order valence-electron chi connectivity index (χ2n) is 8.23. The normalized spacial score (nSPS) is 28.6. The second-order valence-corrected chi connectivity index (χ2v) is 8.23. The highest BCUT2D eigenvalue weighted by Gasteiger charge is 2.51. The monoisotopic (exact) mass is 399 g/mol. The molecule has 0 radical (unpaired) electrons. The molecule has 3 saturated heterocycles. The lowest BCUT2D eigenvalue weighted by Gasteiger charge is -2.38. The number of fused-ring (bicyclic) bond motifs is 2. The van der Waals surface area contributed by atoms with Gasteiger partial charge < -0.3 is 15.5 Å². The van der Waals surface area contributed by atoms with Crippen molar-refractivity contribution in [1.82, 2.24) is 14.7 Å². The first-order valence-corrected chi connectivity index (χ1v) is 10.2. The molecule has 0 aliphatic carbocycles. The van der Waals surface area contributed by atoms with E-state index >= 15 is 0 Å². The van der Waals surface area contributed by atoms with Gasteiger partial charge in [0, 0.05) is 31.2 Å². The second kappa shape index (κ2) is 7.73. The standard InChI is InChI=1S/C21H26FN5O2/c1-13(16-6-2-3-7-17(16)22)27-15-9-19(21(27)29)25(11-15)12-18(24)20(28)26-8-4-5-14(26)10-23/h2-3,6-7,13-15,18-19H,4-5,8-9,11-12,24H2,1H3/t13?,14?,15-,18?,19+/m1/s1. The van der Waals surface area contributed by atoms with Gasteiger partial charge in [0.25, 0.3) is 0 Å². The SMILES string of the molecule is CC(c1ccccc1F)N1C(=O)[C@@H]2C[C@@H]1CN2CC(N)C(=O)N1CCCC1C#N. The van der Waals surface area contributed by atoms with E-state index in [2.05, 4.69) is 6.07 Å². The number of piperazine rings is 1. The highest BCUT2D eigenvalue weighted by atomic mass is 19.1. The third kappa shape index (κ3) is 3.38. The van der Waals surface area contributed by atoms with Gasteiger partial charge in [0.05, 0.1) is 24.2 Å². The van der Waals surface area contributed by atoms with Crippen molar-refractivity contribution in [2.75, 3.05) is 19.6 Å². The molecule has 0 aromatic heterocycles. The fourth-order valence-corrected chi connectivity index (χ4v) is 5.07. The quantitative estimate of drug-likeness (QED) is 0.798. The summed E-state index contributed by atoms with van der Waals surface area (Å²) in [6.07, 6.45) is 2.17. The van der Waals surface area contributed by atoms with Crippen LogP contribution < -0.4 is 5.73 Å². The number of carbonyl (C=O) groups is 2. The van der Waals surface area contributed by atoms with E-state index in [0.29, 0.717) is 38.0 Å². The van der Waals surface area contributed by atoms with Gasteiger partial charge in [-0.2, -0.15) is 5.26 Å². The van der Waals surface area contributed by atoms with Crippen molar-refractivity contribution in [2.45, 2.75) is 56.4 Å². The van der Waals surface area contributed by atoms with E-state index in [0.717, 1.165) is 6.42 Å². The molecule has 4 rings (SSSR count). The van der Waals surface area contributed by atoms with Crippen LogP contribution >= 0.6 is 0 Å². The number of nitrogens with two attached hydrogens (primary N) is 1. The summed E-state index contributed by atoms with van der Waals surface area (Å²) < 4.78 is 14.2. The summed E-state index contributed by atoms with van der Waals surface area (Å²) in [5.41, 5.74) is 6.68. The summed E-state index contributed by atoms with van der Waals surface area (Å²) in [6.45, 7) is 3.33. The fraction of sp³-hybridized carbons (Fsp3) is 0.571. The van der Waals surface area contributed by atoms with Crippen molar-refractivity contribution < 1.29 is 14.0 Å². The minimum absolute atomic E-state index is 0.0111. The molecule has 3 aliphatic heterocycles. The maximum atomic E-state index is 14.2. The van der Waals surface area contributed by atoms with Crippen molar-refractivity contribution >= 4 is 11.8 Å². The number of nitriles is 1. The van der Waals surface area contributed by atoms with Crippen molar-refractivity contribution in [3.8, 4) is 6.07 Å². The Morgan fingerprint density at radius 3 is 2.86 bits per heavy atom. The van der Waals surface area contributed by atoms with Crippen molar-refractivity contribution in [1.29, 1.82) is 5.26 Å². The van der Waals surface area contributed by atoms with E-state index in [9.17, 15) is 19.2 Å². The van der Waals surface area contributed by atoms with Gasteiger partial charge in [-0.05, 0) is 32.3 Å².